The zero-order valence-corrected chi connectivity index (χ0v) is 11.7. The van der Waals surface area contributed by atoms with E-state index in [9.17, 15) is 4.79 Å². The Morgan fingerprint density at radius 1 is 1.21 bits per heavy atom. The summed E-state index contributed by atoms with van der Waals surface area (Å²) in [5.41, 5.74) is 1.71. The zero-order valence-electron chi connectivity index (χ0n) is 10.2. The molecule has 0 N–H and O–H groups in total. The summed E-state index contributed by atoms with van der Waals surface area (Å²) < 4.78 is 5.57. The summed E-state index contributed by atoms with van der Waals surface area (Å²) in [4.78, 5) is 15.0. The average Bonchev–Trinajstić information content (AvgIpc) is 2.39. The maximum Gasteiger partial charge on any atom is 0.172 e. The molecule has 0 bridgehead atoms. The molecule has 0 radical (unpaired) electrons. The molecule has 0 saturated carbocycles. The summed E-state index contributed by atoms with van der Waals surface area (Å²) >= 11 is 12.1. The van der Waals surface area contributed by atoms with Crippen LogP contribution in [0.5, 0.6) is 5.75 Å². The van der Waals surface area contributed by atoms with Crippen LogP contribution in [-0.4, -0.2) is 11.3 Å². The molecule has 1 aromatic carbocycles. The lowest BCUT2D eigenvalue weighted by molar-refractivity contribution is 0.111. The Bertz CT molecular complexity index is 594. The molecule has 2 aromatic rings. The van der Waals surface area contributed by atoms with Crippen molar-refractivity contribution in [1.29, 1.82) is 0 Å². The minimum atomic E-state index is 0.185. The highest BCUT2D eigenvalue weighted by molar-refractivity contribution is 6.35. The Hall–Kier alpha value is -1.58. The van der Waals surface area contributed by atoms with Gasteiger partial charge in [-0.3, -0.25) is 4.79 Å². The lowest BCUT2D eigenvalue weighted by Gasteiger charge is -2.10. The van der Waals surface area contributed by atoms with Crippen molar-refractivity contribution in [2.75, 3.05) is 0 Å². The molecule has 19 heavy (non-hydrogen) atoms. The molecule has 0 fully saturated rings. The number of aromatic nitrogens is 1. The predicted octanol–water partition coefficient (Wildman–Crippen LogP) is 4.09. The number of halogens is 2. The maximum atomic E-state index is 10.9. The lowest BCUT2D eigenvalue weighted by Crippen LogP contribution is -2.02. The van der Waals surface area contributed by atoms with E-state index in [2.05, 4.69) is 4.98 Å². The van der Waals surface area contributed by atoms with Crippen molar-refractivity contribution in [2.45, 2.75) is 13.5 Å². The number of ether oxygens (including phenoxy) is 1. The van der Waals surface area contributed by atoms with Gasteiger partial charge in [-0.15, -0.1) is 0 Å². The molecule has 0 aliphatic heterocycles. The van der Waals surface area contributed by atoms with Crippen LogP contribution in [0.4, 0.5) is 0 Å². The van der Waals surface area contributed by atoms with Gasteiger partial charge in [-0.1, -0.05) is 29.3 Å². The van der Waals surface area contributed by atoms with Crippen LogP contribution in [0, 0.1) is 6.92 Å². The van der Waals surface area contributed by atoms with E-state index >= 15 is 0 Å². The number of nitrogens with zero attached hydrogens (tertiary/aromatic N) is 1. The zero-order chi connectivity index (χ0) is 13.8. The van der Waals surface area contributed by atoms with E-state index in [1.807, 2.05) is 6.92 Å². The van der Waals surface area contributed by atoms with Gasteiger partial charge in [0.05, 0.1) is 0 Å². The lowest BCUT2D eigenvalue weighted by atomic mass is 10.2. The first kappa shape index (κ1) is 13.8. The molecule has 0 saturated heterocycles. The number of pyridine rings is 1. The molecule has 3 nitrogen and oxygen atoms in total. The third kappa shape index (κ3) is 3.25. The van der Waals surface area contributed by atoms with Crippen molar-refractivity contribution < 1.29 is 9.53 Å². The summed E-state index contributed by atoms with van der Waals surface area (Å²) in [6, 6.07) is 8.71. The first-order chi connectivity index (χ1) is 9.11. The van der Waals surface area contributed by atoms with E-state index in [-0.39, 0.29) is 12.3 Å². The minimum Gasteiger partial charge on any atom is -0.486 e. The molecular weight excluding hydrogens is 285 g/mol. The van der Waals surface area contributed by atoms with Crippen molar-refractivity contribution in [3.8, 4) is 5.75 Å². The largest absolute Gasteiger partial charge is 0.486 e. The van der Waals surface area contributed by atoms with E-state index in [1.54, 1.807) is 30.3 Å². The summed E-state index contributed by atoms with van der Waals surface area (Å²) in [5.74, 6) is 0.414. The van der Waals surface area contributed by atoms with Gasteiger partial charge in [0.1, 0.15) is 18.1 Å². The number of rotatable bonds is 4. The highest BCUT2D eigenvalue weighted by atomic mass is 35.5. The number of aldehydes is 1. The van der Waals surface area contributed by atoms with Gasteiger partial charge < -0.3 is 4.74 Å². The fourth-order valence-corrected chi connectivity index (χ4v) is 2.10. The quantitative estimate of drug-likeness (QED) is 0.798. The summed E-state index contributed by atoms with van der Waals surface area (Å²) in [7, 11) is 0. The monoisotopic (exact) mass is 295 g/mol. The maximum absolute atomic E-state index is 10.9. The van der Waals surface area contributed by atoms with Gasteiger partial charge in [-0.25, -0.2) is 4.98 Å². The normalized spacial score (nSPS) is 10.3. The minimum absolute atomic E-state index is 0.185. The van der Waals surface area contributed by atoms with E-state index < -0.39 is 0 Å². The van der Waals surface area contributed by atoms with Crippen molar-refractivity contribution in [3.63, 3.8) is 0 Å². The van der Waals surface area contributed by atoms with Gasteiger partial charge in [-0.2, -0.15) is 0 Å². The van der Waals surface area contributed by atoms with Gasteiger partial charge in [0.15, 0.2) is 6.29 Å². The fourth-order valence-electron chi connectivity index (χ4n) is 1.59. The van der Waals surface area contributed by atoms with Crippen molar-refractivity contribution in [3.05, 3.63) is 57.3 Å². The second-order valence-corrected chi connectivity index (χ2v) is 4.76. The van der Waals surface area contributed by atoms with Crippen LogP contribution in [0.1, 0.15) is 21.7 Å². The van der Waals surface area contributed by atoms with Crippen LogP contribution >= 0.6 is 23.2 Å². The number of hydrogen-bond donors (Lipinski definition) is 0. The summed E-state index contributed by atoms with van der Waals surface area (Å²) in [6.45, 7) is 1.99. The molecule has 1 aromatic heterocycles. The average molecular weight is 296 g/mol. The molecule has 0 amide bonds. The third-order valence-corrected chi connectivity index (χ3v) is 3.28. The summed E-state index contributed by atoms with van der Waals surface area (Å²) in [6.07, 6.45) is 0.663. The molecule has 0 aliphatic carbocycles. The van der Waals surface area contributed by atoms with Gasteiger partial charge in [0, 0.05) is 21.3 Å². The predicted molar refractivity (Wildman–Crippen MR) is 75.2 cm³/mol. The second kappa shape index (κ2) is 6.04. The van der Waals surface area contributed by atoms with Crippen molar-refractivity contribution in [2.24, 2.45) is 0 Å². The molecule has 0 unspecified atom stereocenters. The highest BCUT2D eigenvalue weighted by Gasteiger charge is 2.09. The molecule has 5 heteroatoms. The first-order valence-electron chi connectivity index (χ1n) is 5.60. The van der Waals surface area contributed by atoms with Crippen LogP contribution in [0.2, 0.25) is 10.0 Å². The Morgan fingerprint density at radius 2 is 1.89 bits per heavy atom. The van der Waals surface area contributed by atoms with Crippen LogP contribution in [-0.2, 0) is 6.61 Å². The second-order valence-electron chi connectivity index (χ2n) is 3.94. The smallest absolute Gasteiger partial charge is 0.172 e. The van der Waals surface area contributed by atoms with E-state index in [4.69, 9.17) is 27.9 Å². The Balaban J connectivity index is 2.21. The van der Waals surface area contributed by atoms with Gasteiger partial charge in [0.2, 0.25) is 0 Å². The van der Waals surface area contributed by atoms with E-state index in [0.717, 1.165) is 5.69 Å². The number of carbonyl (C=O) groups is 1. The molecule has 0 aliphatic rings. The molecular formula is C14H11Cl2NO2. The van der Waals surface area contributed by atoms with Crippen LogP contribution in [0.25, 0.3) is 0 Å². The number of carbonyl (C=O) groups excluding carboxylic acids is 1. The molecule has 2 rings (SSSR count). The Labute approximate surface area is 121 Å². The third-order valence-electron chi connectivity index (χ3n) is 2.57. The van der Waals surface area contributed by atoms with Crippen LogP contribution in [0.15, 0.2) is 30.3 Å². The molecule has 98 valence electrons. The summed E-state index contributed by atoms with van der Waals surface area (Å²) in [5, 5.41) is 1.06. The van der Waals surface area contributed by atoms with Gasteiger partial charge >= 0.3 is 0 Å². The first-order valence-corrected chi connectivity index (χ1v) is 6.36. The topological polar surface area (TPSA) is 39.2 Å². The number of hydrogen-bond acceptors (Lipinski definition) is 3. The van der Waals surface area contributed by atoms with Gasteiger partial charge in [-0.05, 0) is 31.2 Å². The Morgan fingerprint density at radius 3 is 2.53 bits per heavy atom. The number of benzene rings is 1. The number of aryl methyl sites for hydroxylation is 1. The molecule has 0 atom stereocenters. The van der Waals surface area contributed by atoms with Crippen molar-refractivity contribution in [1.82, 2.24) is 4.98 Å². The SMILES string of the molecule is Cc1ccc(OCc2c(Cl)cccc2Cl)c(C=O)n1. The van der Waals surface area contributed by atoms with E-state index in [0.29, 0.717) is 27.6 Å². The van der Waals surface area contributed by atoms with Crippen LogP contribution < -0.4 is 4.74 Å². The van der Waals surface area contributed by atoms with E-state index in [1.165, 1.54) is 0 Å². The Kier molecular flexibility index (Phi) is 4.40. The standard InChI is InChI=1S/C14H11Cl2NO2/c1-9-5-6-14(13(7-18)17-9)19-8-10-11(15)3-2-4-12(10)16/h2-7H,8H2,1H3. The molecule has 1 heterocycles. The molecule has 0 spiro atoms. The van der Waals surface area contributed by atoms with Gasteiger partial charge in [0.25, 0.3) is 0 Å². The highest BCUT2D eigenvalue weighted by Crippen LogP contribution is 2.26. The van der Waals surface area contributed by atoms with Crippen molar-refractivity contribution >= 4 is 29.5 Å². The fraction of sp³-hybridized carbons (Fsp3) is 0.143. The van der Waals surface area contributed by atoms with Crippen LogP contribution in [0.3, 0.4) is 0 Å².